The van der Waals surface area contributed by atoms with Crippen molar-refractivity contribution in [2.24, 2.45) is 0 Å². The van der Waals surface area contributed by atoms with Crippen LogP contribution in [0.5, 0.6) is 0 Å². The second-order valence-electron chi connectivity index (χ2n) is 3.77. The molecule has 6 nitrogen and oxygen atoms in total. The SMILES string of the molecule is CCCN/C=C(/C#N)C(=O)NC(CCSC)C(=O)O. The average Bonchev–Trinajstić information content (AvgIpc) is 2.39. The molecule has 0 aromatic carbocycles. The molecule has 19 heavy (non-hydrogen) atoms. The Morgan fingerprint density at radius 1 is 1.53 bits per heavy atom. The smallest absolute Gasteiger partial charge is 0.326 e. The van der Waals surface area contributed by atoms with E-state index in [1.165, 1.54) is 18.0 Å². The normalized spacial score (nSPS) is 12.4. The molecule has 0 radical (unpaired) electrons. The number of rotatable bonds is 9. The minimum absolute atomic E-state index is 0.121. The quantitative estimate of drug-likeness (QED) is 0.328. The highest BCUT2D eigenvalue weighted by atomic mass is 32.2. The molecule has 7 heteroatoms. The van der Waals surface area contributed by atoms with Gasteiger partial charge in [0.05, 0.1) is 0 Å². The maximum absolute atomic E-state index is 11.7. The number of nitrogens with zero attached hydrogens (tertiary/aromatic N) is 1. The van der Waals surface area contributed by atoms with Gasteiger partial charge in [-0.2, -0.15) is 17.0 Å². The summed E-state index contributed by atoms with van der Waals surface area (Å²) < 4.78 is 0. The molecular formula is C12H19N3O3S. The van der Waals surface area contributed by atoms with E-state index in [0.29, 0.717) is 18.7 Å². The molecule has 0 aliphatic carbocycles. The van der Waals surface area contributed by atoms with E-state index in [9.17, 15) is 9.59 Å². The van der Waals surface area contributed by atoms with Crippen LogP contribution < -0.4 is 10.6 Å². The Labute approximate surface area is 117 Å². The molecule has 1 atom stereocenters. The van der Waals surface area contributed by atoms with Crippen molar-refractivity contribution in [1.29, 1.82) is 5.26 Å². The molecule has 0 saturated heterocycles. The Hall–Kier alpha value is -1.68. The van der Waals surface area contributed by atoms with E-state index in [0.717, 1.165) is 6.42 Å². The number of aliphatic carboxylic acids is 1. The van der Waals surface area contributed by atoms with Gasteiger partial charge in [0.2, 0.25) is 0 Å². The Morgan fingerprint density at radius 2 is 2.21 bits per heavy atom. The Morgan fingerprint density at radius 3 is 2.68 bits per heavy atom. The summed E-state index contributed by atoms with van der Waals surface area (Å²) in [5.41, 5.74) is -0.121. The summed E-state index contributed by atoms with van der Waals surface area (Å²) in [5, 5.41) is 23.0. The lowest BCUT2D eigenvalue weighted by Crippen LogP contribution is -2.41. The number of carbonyl (C=O) groups is 2. The van der Waals surface area contributed by atoms with Crippen LogP contribution >= 0.6 is 11.8 Å². The van der Waals surface area contributed by atoms with Crippen molar-refractivity contribution in [3.8, 4) is 6.07 Å². The third kappa shape index (κ3) is 7.36. The lowest BCUT2D eigenvalue weighted by Gasteiger charge is -2.13. The maximum Gasteiger partial charge on any atom is 0.326 e. The first-order valence-corrected chi connectivity index (χ1v) is 7.32. The Bertz CT molecular complexity index is 377. The molecule has 106 valence electrons. The van der Waals surface area contributed by atoms with Gasteiger partial charge in [0.25, 0.3) is 5.91 Å². The van der Waals surface area contributed by atoms with E-state index in [4.69, 9.17) is 10.4 Å². The van der Waals surface area contributed by atoms with E-state index in [2.05, 4.69) is 10.6 Å². The number of carbonyl (C=O) groups excluding carboxylic acids is 1. The molecule has 0 heterocycles. The lowest BCUT2D eigenvalue weighted by atomic mass is 10.2. The van der Waals surface area contributed by atoms with E-state index in [1.54, 1.807) is 6.07 Å². The molecule has 0 bridgehead atoms. The standard InChI is InChI=1S/C12H19N3O3S/c1-3-5-14-8-9(7-13)11(16)15-10(12(17)18)4-6-19-2/h8,10,14H,3-6H2,1-2H3,(H,15,16)(H,17,18)/b9-8-. The number of nitriles is 1. The molecule has 1 unspecified atom stereocenters. The van der Waals surface area contributed by atoms with Crippen LogP contribution in [0.25, 0.3) is 0 Å². The monoisotopic (exact) mass is 285 g/mol. The number of hydrogen-bond acceptors (Lipinski definition) is 5. The summed E-state index contributed by atoms with van der Waals surface area (Å²) in [6.45, 7) is 2.60. The molecule has 0 spiro atoms. The van der Waals surface area contributed by atoms with E-state index in [-0.39, 0.29) is 5.57 Å². The maximum atomic E-state index is 11.7. The third-order valence-electron chi connectivity index (χ3n) is 2.22. The fraction of sp³-hybridized carbons (Fsp3) is 0.583. The number of hydrogen-bond donors (Lipinski definition) is 3. The fourth-order valence-corrected chi connectivity index (χ4v) is 1.67. The van der Waals surface area contributed by atoms with E-state index in [1.807, 2.05) is 13.2 Å². The zero-order valence-corrected chi connectivity index (χ0v) is 11.9. The second-order valence-corrected chi connectivity index (χ2v) is 4.76. The molecule has 0 rings (SSSR count). The van der Waals surface area contributed by atoms with E-state index < -0.39 is 17.9 Å². The average molecular weight is 285 g/mol. The van der Waals surface area contributed by atoms with Crippen LogP contribution in [0.2, 0.25) is 0 Å². The van der Waals surface area contributed by atoms with Gasteiger partial charge in [-0.05, 0) is 24.9 Å². The molecule has 0 fully saturated rings. The van der Waals surface area contributed by atoms with Gasteiger partial charge in [-0.25, -0.2) is 4.79 Å². The molecule has 0 aromatic heterocycles. The number of nitrogens with one attached hydrogen (secondary N) is 2. The summed E-state index contributed by atoms with van der Waals surface area (Å²) in [7, 11) is 0. The van der Waals surface area contributed by atoms with Gasteiger partial charge in [0.15, 0.2) is 0 Å². The van der Waals surface area contributed by atoms with Gasteiger partial charge in [0.1, 0.15) is 17.7 Å². The number of amides is 1. The van der Waals surface area contributed by atoms with Crippen molar-refractivity contribution in [2.45, 2.75) is 25.8 Å². The highest BCUT2D eigenvalue weighted by Crippen LogP contribution is 2.02. The minimum atomic E-state index is -1.10. The summed E-state index contributed by atoms with van der Waals surface area (Å²) in [4.78, 5) is 22.7. The largest absolute Gasteiger partial charge is 0.480 e. The number of carboxylic acids is 1. The molecule has 0 saturated carbocycles. The summed E-state index contributed by atoms with van der Waals surface area (Å²) >= 11 is 1.50. The molecule has 1 amide bonds. The van der Waals surface area contributed by atoms with Gasteiger partial charge in [-0.1, -0.05) is 6.92 Å². The van der Waals surface area contributed by atoms with Gasteiger partial charge >= 0.3 is 5.97 Å². The Kier molecular flexibility index (Phi) is 9.35. The second kappa shape index (κ2) is 10.3. The van der Waals surface area contributed by atoms with Crippen molar-refractivity contribution >= 4 is 23.6 Å². The first-order valence-electron chi connectivity index (χ1n) is 5.93. The van der Waals surface area contributed by atoms with Crippen LogP contribution in [-0.4, -0.2) is 41.6 Å². The fourth-order valence-electron chi connectivity index (χ4n) is 1.20. The summed E-state index contributed by atoms with van der Waals surface area (Å²) in [5.74, 6) is -1.14. The third-order valence-corrected chi connectivity index (χ3v) is 2.86. The topological polar surface area (TPSA) is 102 Å². The van der Waals surface area contributed by atoms with Crippen LogP contribution in [0, 0.1) is 11.3 Å². The predicted molar refractivity (Wildman–Crippen MR) is 74.6 cm³/mol. The molecule has 3 N–H and O–H groups in total. The highest BCUT2D eigenvalue weighted by molar-refractivity contribution is 7.98. The zero-order valence-electron chi connectivity index (χ0n) is 11.1. The minimum Gasteiger partial charge on any atom is -0.480 e. The summed E-state index contributed by atoms with van der Waals surface area (Å²) in [6, 6.07) is 0.780. The molecule has 0 aromatic rings. The van der Waals surface area contributed by atoms with E-state index >= 15 is 0 Å². The van der Waals surface area contributed by atoms with Crippen molar-refractivity contribution in [3.05, 3.63) is 11.8 Å². The van der Waals surface area contributed by atoms with Gasteiger partial charge in [-0.3, -0.25) is 4.79 Å². The molecule has 0 aliphatic heterocycles. The van der Waals surface area contributed by atoms with Crippen molar-refractivity contribution < 1.29 is 14.7 Å². The van der Waals surface area contributed by atoms with Crippen LogP contribution in [0.4, 0.5) is 0 Å². The lowest BCUT2D eigenvalue weighted by molar-refractivity contribution is -0.141. The highest BCUT2D eigenvalue weighted by Gasteiger charge is 2.21. The first kappa shape index (κ1) is 17.3. The Balaban J connectivity index is 4.56. The van der Waals surface area contributed by atoms with Crippen molar-refractivity contribution in [2.75, 3.05) is 18.6 Å². The van der Waals surface area contributed by atoms with Crippen LogP contribution in [0.1, 0.15) is 19.8 Å². The van der Waals surface area contributed by atoms with Gasteiger partial charge < -0.3 is 15.7 Å². The predicted octanol–water partition coefficient (Wildman–Crippen LogP) is 0.716. The molecule has 0 aliphatic rings. The summed E-state index contributed by atoms with van der Waals surface area (Å²) in [6.07, 6.45) is 4.36. The molecular weight excluding hydrogens is 266 g/mol. The van der Waals surface area contributed by atoms with Crippen LogP contribution in [0.3, 0.4) is 0 Å². The first-order chi connectivity index (χ1) is 9.06. The van der Waals surface area contributed by atoms with Crippen molar-refractivity contribution in [3.63, 3.8) is 0 Å². The van der Waals surface area contributed by atoms with Gasteiger partial charge in [-0.15, -0.1) is 0 Å². The number of carboxylic acid groups (broad SMARTS) is 1. The number of thioether (sulfide) groups is 1. The van der Waals surface area contributed by atoms with Gasteiger partial charge in [0, 0.05) is 12.7 Å². The zero-order chi connectivity index (χ0) is 14.7. The van der Waals surface area contributed by atoms with Crippen LogP contribution in [-0.2, 0) is 9.59 Å². The van der Waals surface area contributed by atoms with Crippen molar-refractivity contribution in [1.82, 2.24) is 10.6 Å². The van der Waals surface area contributed by atoms with Crippen LogP contribution in [0.15, 0.2) is 11.8 Å².